The maximum Gasteiger partial charge on any atom is 0.124 e. The van der Waals surface area contributed by atoms with Crippen LogP contribution in [-0.2, 0) is 11.4 Å². The number of nitrogens with one attached hydrogen (secondary N) is 1. The molecular formula is C8H9BrFNO. The average Bonchev–Trinajstić information content (AvgIpc) is 2.03. The van der Waals surface area contributed by atoms with Crippen LogP contribution in [-0.4, -0.2) is 7.11 Å². The standard InChI is InChI=1S/C8H9BrFNO/c1-12-11-5-6-2-3-7(10)4-8(6)9/h2-4,11H,5H2,1H3. The van der Waals surface area contributed by atoms with Crippen LogP contribution in [0.4, 0.5) is 4.39 Å². The maximum atomic E-state index is 12.6. The molecule has 0 radical (unpaired) electrons. The van der Waals surface area contributed by atoms with E-state index < -0.39 is 0 Å². The highest BCUT2D eigenvalue weighted by Gasteiger charge is 1.99. The van der Waals surface area contributed by atoms with Crippen LogP contribution >= 0.6 is 15.9 Å². The van der Waals surface area contributed by atoms with Crippen LogP contribution in [0.2, 0.25) is 0 Å². The first-order chi connectivity index (χ1) is 5.74. The number of benzene rings is 1. The minimum Gasteiger partial charge on any atom is -0.305 e. The van der Waals surface area contributed by atoms with E-state index in [9.17, 15) is 4.39 Å². The van der Waals surface area contributed by atoms with Gasteiger partial charge >= 0.3 is 0 Å². The maximum absolute atomic E-state index is 12.6. The summed E-state index contributed by atoms with van der Waals surface area (Å²) in [7, 11) is 1.54. The Balaban J connectivity index is 2.72. The van der Waals surface area contributed by atoms with Gasteiger partial charge in [0.05, 0.1) is 7.11 Å². The van der Waals surface area contributed by atoms with Gasteiger partial charge in [0.1, 0.15) is 5.82 Å². The highest BCUT2D eigenvalue weighted by molar-refractivity contribution is 9.10. The van der Waals surface area contributed by atoms with E-state index in [-0.39, 0.29) is 5.82 Å². The van der Waals surface area contributed by atoms with Crippen LogP contribution in [0.3, 0.4) is 0 Å². The minimum atomic E-state index is -0.247. The van der Waals surface area contributed by atoms with Gasteiger partial charge in [-0.15, -0.1) is 0 Å². The molecule has 0 aliphatic heterocycles. The number of hydrogen-bond acceptors (Lipinski definition) is 2. The van der Waals surface area contributed by atoms with Gasteiger partial charge in [-0.25, -0.2) is 4.39 Å². The number of hydrogen-bond donors (Lipinski definition) is 1. The molecule has 0 saturated carbocycles. The van der Waals surface area contributed by atoms with Crippen LogP contribution in [0.25, 0.3) is 0 Å². The van der Waals surface area contributed by atoms with Crippen molar-refractivity contribution in [3.05, 3.63) is 34.1 Å². The fourth-order valence-electron chi connectivity index (χ4n) is 0.815. The van der Waals surface area contributed by atoms with Crippen LogP contribution in [0.1, 0.15) is 5.56 Å². The molecule has 12 heavy (non-hydrogen) atoms. The van der Waals surface area contributed by atoms with E-state index in [0.717, 1.165) is 10.0 Å². The molecule has 1 aromatic rings. The molecule has 0 aliphatic carbocycles. The Labute approximate surface area is 78.8 Å². The molecular weight excluding hydrogens is 225 g/mol. The fraction of sp³-hybridized carbons (Fsp3) is 0.250. The normalized spacial score (nSPS) is 10.2. The summed E-state index contributed by atoms with van der Waals surface area (Å²) < 4.78 is 13.3. The van der Waals surface area contributed by atoms with E-state index in [1.54, 1.807) is 6.07 Å². The Morgan fingerprint density at radius 2 is 2.33 bits per heavy atom. The van der Waals surface area contributed by atoms with Gasteiger partial charge in [0.2, 0.25) is 0 Å². The SMILES string of the molecule is CONCc1ccc(F)cc1Br. The molecule has 4 heteroatoms. The quantitative estimate of drug-likeness (QED) is 0.809. The molecule has 1 rings (SSSR count). The van der Waals surface area contributed by atoms with Crippen molar-refractivity contribution in [2.75, 3.05) is 7.11 Å². The average molecular weight is 234 g/mol. The molecule has 0 atom stereocenters. The first kappa shape index (κ1) is 9.64. The molecule has 1 N–H and O–H groups in total. The summed E-state index contributed by atoms with van der Waals surface area (Å²) in [6, 6.07) is 4.54. The zero-order chi connectivity index (χ0) is 8.97. The molecule has 0 bridgehead atoms. The van der Waals surface area contributed by atoms with Crippen molar-refractivity contribution >= 4 is 15.9 Å². The summed E-state index contributed by atoms with van der Waals surface area (Å²) in [4.78, 5) is 4.67. The van der Waals surface area contributed by atoms with Gasteiger partial charge < -0.3 is 4.84 Å². The molecule has 0 heterocycles. The van der Waals surface area contributed by atoms with Crippen molar-refractivity contribution < 1.29 is 9.23 Å². The van der Waals surface area contributed by atoms with Crippen molar-refractivity contribution in [3.63, 3.8) is 0 Å². The molecule has 0 fully saturated rings. The monoisotopic (exact) mass is 233 g/mol. The molecule has 0 amide bonds. The first-order valence-corrected chi connectivity index (χ1v) is 4.23. The summed E-state index contributed by atoms with van der Waals surface area (Å²) in [5, 5.41) is 0. The van der Waals surface area contributed by atoms with E-state index in [4.69, 9.17) is 0 Å². The molecule has 66 valence electrons. The summed E-state index contributed by atoms with van der Waals surface area (Å²) >= 11 is 3.24. The zero-order valence-electron chi connectivity index (χ0n) is 6.60. The van der Waals surface area contributed by atoms with Gasteiger partial charge in [-0.3, -0.25) is 0 Å². The van der Waals surface area contributed by atoms with Gasteiger partial charge in [0, 0.05) is 11.0 Å². The zero-order valence-corrected chi connectivity index (χ0v) is 8.19. The second-order valence-corrected chi connectivity index (χ2v) is 3.12. The second kappa shape index (κ2) is 4.54. The van der Waals surface area contributed by atoms with Gasteiger partial charge in [-0.2, -0.15) is 5.48 Å². The van der Waals surface area contributed by atoms with E-state index in [1.165, 1.54) is 19.2 Å². The fourth-order valence-corrected chi connectivity index (χ4v) is 1.31. The highest BCUT2D eigenvalue weighted by atomic mass is 79.9. The topological polar surface area (TPSA) is 21.3 Å². The van der Waals surface area contributed by atoms with Gasteiger partial charge in [0.25, 0.3) is 0 Å². The van der Waals surface area contributed by atoms with E-state index >= 15 is 0 Å². The van der Waals surface area contributed by atoms with Crippen LogP contribution in [0.15, 0.2) is 22.7 Å². The molecule has 0 aromatic heterocycles. The number of rotatable bonds is 3. The van der Waals surface area contributed by atoms with Gasteiger partial charge in [-0.1, -0.05) is 22.0 Å². The van der Waals surface area contributed by atoms with Crippen molar-refractivity contribution in [2.24, 2.45) is 0 Å². The van der Waals surface area contributed by atoms with Crippen molar-refractivity contribution in [2.45, 2.75) is 6.54 Å². The third-order valence-electron chi connectivity index (χ3n) is 1.42. The summed E-state index contributed by atoms with van der Waals surface area (Å²) in [6.45, 7) is 0.553. The summed E-state index contributed by atoms with van der Waals surface area (Å²) in [5.74, 6) is -0.247. The number of hydroxylamine groups is 1. The smallest absolute Gasteiger partial charge is 0.124 e. The van der Waals surface area contributed by atoms with E-state index in [0.29, 0.717) is 6.54 Å². The minimum absolute atomic E-state index is 0.247. The van der Waals surface area contributed by atoms with Crippen molar-refractivity contribution in [1.82, 2.24) is 5.48 Å². The lowest BCUT2D eigenvalue weighted by molar-refractivity contribution is 0.0865. The van der Waals surface area contributed by atoms with Crippen molar-refractivity contribution in [3.8, 4) is 0 Å². The lowest BCUT2D eigenvalue weighted by atomic mass is 10.2. The van der Waals surface area contributed by atoms with Gasteiger partial charge in [-0.05, 0) is 17.7 Å². The molecule has 0 unspecified atom stereocenters. The summed E-state index contributed by atoms with van der Waals surface area (Å²) in [6.07, 6.45) is 0. The lowest BCUT2D eigenvalue weighted by Crippen LogP contribution is -2.11. The Morgan fingerprint density at radius 1 is 1.58 bits per heavy atom. The van der Waals surface area contributed by atoms with Crippen LogP contribution in [0, 0.1) is 5.82 Å². The third kappa shape index (κ3) is 2.55. The predicted octanol–water partition coefficient (Wildman–Crippen LogP) is 2.24. The van der Waals surface area contributed by atoms with E-state index in [2.05, 4.69) is 26.2 Å². The van der Waals surface area contributed by atoms with Crippen LogP contribution in [0.5, 0.6) is 0 Å². The first-order valence-electron chi connectivity index (χ1n) is 3.44. The highest BCUT2D eigenvalue weighted by Crippen LogP contribution is 2.17. The van der Waals surface area contributed by atoms with E-state index in [1.807, 2.05) is 0 Å². The molecule has 1 aromatic carbocycles. The Bertz CT molecular complexity index is 267. The Kier molecular flexibility index (Phi) is 3.65. The Morgan fingerprint density at radius 3 is 2.92 bits per heavy atom. The summed E-state index contributed by atoms with van der Waals surface area (Å²) in [5.41, 5.74) is 3.63. The molecule has 0 aliphatic rings. The Hall–Kier alpha value is -0.450. The second-order valence-electron chi connectivity index (χ2n) is 2.26. The van der Waals surface area contributed by atoms with Crippen LogP contribution < -0.4 is 5.48 Å². The lowest BCUT2D eigenvalue weighted by Gasteiger charge is -2.04. The van der Waals surface area contributed by atoms with Gasteiger partial charge in [0.15, 0.2) is 0 Å². The predicted molar refractivity (Wildman–Crippen MR) is 47.9 cm³/mol. The molecule has 2 nitrogen and oxygen atoms in total. The van der Waals surface area contributed by atoms with Crippen molar-refractivity contribution in [1.29, 1.82) is 0 Å². The third-order valence-corrected chi connectivity index (χ3v) is 2.16. The molecule has 0 spiro atoms. The number of halogens is 2. The largest absolute Gasteiger partial charge is 0.305 e. The molecule has 0 saturated heterocycles.